The maximum Gasteiger partial charge on any atom is 0.471 e. The Kier molecular flexibility index (Phi) is 3.21. The molecule has 1 aliphatic heterocycles. The highest BCUT2D eigenvalue weighted by atomic mass is 19.4. The molecule has 0 saturated carbocycles. The fourth-order valence-corrected chi connectivity index (χ4v) is 1.55. The van der Waals surface area contributed by atoms with E-state index >= 15 is 0 Å². The lowest BCUT2D eigenvalue weighted by Crippen LogP contribution is -2.47. The Morgan fingerprint density at radius 2 is 1.67 bits per heavy atom. The molecule has 0 atom stereocenters. The van der Waals surface area contributed by atoms with Gasteiger partial charge in [0.25, 0.3) is 0 Å². The number of hydrogen-bond donors (Lipinski definition) is 1. The summed E-state index contributed by atoms with van der Waals surface area (Å²) in [5.41, 5.74) is 5.01. The summed E-state index contributed by atoms with van der Waals surface area (Å²) in [6.45, 7) is -0.127. The van der Waals surface area contributed by atoms with E-state index in [1.54, 1.807) is 0 Å². The van der Waals surface area contributed by atoms with Crippen molar-refractivity contribution in [2.45, 2.75) is 19.0 Å². The summed E-state index contributed by atoms with van der Waals surface area (Å²) in [7, 11) is 0. The highest BCUT2D eigenvalue weighted by Gasteiger charge is 2.43. The molecule has 1 rings (SSSR count). The molecule has 1 heterocycles. The standard InChI is InChI=1S/C8H11F3N2O2/c9-8(10,11)7(15)13-3-1-5(2-4-13)6(12)14/h5H,1-4H2,(H2,12,14). The number of primary amides is 1. The topological polar surface area (TPSA) is 63.4 Å². The Balaban J connectivity index is 2.51. The lowest BCUT2D eigenvalue weighted by molar-refractivity contribution is -0.186. The number of nitrogens with two attached hydrogens (primary N) is 1. The molecule has 1 fully saturated rings. The molecule has 0 aromatic rings. The van der Waals surface area contributed by atoms with Gasteiger partial charge in [-0.15, -0.1) is 0 Å². The molecule has 86 valence electrons. The third kappa shape index (κ3) is 2.84. The van der Waals surface area contributed by atoms with Crippen molar-refractivity contribution in [3.8, 4) is 0 Å². The van der Waals surface area contributed by atoms with Crippen LogP contribution in [0.25, 0.3) is 0 Å². The number of alkyl halides is 3. The Labute approximate surface area is 84.2 Å². The first-order valence-corrected chi connectivity index (χ1v) is 4.48. The summed E-state index contributed by atoms with van der Waals surface area (Å²) in [4.78, 5) is 22.2. The fourth-order valence-electron chi connectivity index (χ4n) is 1.55. The van der Waals surface area contributed by atoms with Crippen LogP contribution in [0.2, 0.25) is 0 Å². The first kappa shape index (κ1) is 11.8. The molecule has 7 heteroatoms. The second-order valence-electron chi connectivity index (χ2n) is 3.47. The number of rotatable bonds is 1. The van der Waals surface area contributed by atoms with Gasteiger partial charge in [-0.05, 0) is 12.8 Å². The first-order valence-electron chi connectivity index (χ1n) is 4.48. The number of nitrogens with zero attached hydrogens (tertiary/aromatic N) is 1. The van der Waals surface area contributed by atoms with E-state index in [2.05, 4.69) is 0 Å². The SMILES string of the molecule is NC(=O)C1CCN(C(=O)C(F)(F)F)CC1. The molecular weight excluding hydrogens is 213 g/mol. The summed E-state index contributed by atoms with van der Waals surface area (Å²) in [5, 5.41) is 0. The van der Waals surface area contributed by atoms with Crippen LogP contribution in [0.3, 0.4) is 0 Å². The van der Waals surface area contributed by atoms with Crippen molar-refractivity contribution >= 4 is 11.8 Å². The smallest absolute Gasteiger partial charge is 0.369 e. The second kappa shape index (κ2) is 4.08. The van der Waals surface area contributed by atoms with Crippen LogP contribution in [0.1, 0.15) is 12.8 Å². The third-order valence-electron chi connectivity index (χ3n) is 2.43. The summed E-state index contributed by atoms with van der Waals surface area (Å²) in [6.07, 6.45) is -4.42. The zero-order chi connectivity index (χ0) is 11.6. The normalized spacial score (nSPS) is 19.0. The maximum absolute atomic E-state index is 12.0. The molecule has 0 radical (unpaired) electrons. The van der Waals surface area contributed by atoms with Gasteiger partial charge in [0.05, 0.1) is 0 Å². The van der Waals surface area contributed by atoms with Gasteiger partial charge >= 0.3 is 12.1 Å². The van der Waals surface area contributed by atoms with E-state index in [9.17, 15) is 22.8 Å². The van der Waals surface area contributed by atoms with Crippen LogP contribution in [-0.4, -0.2) is 36.0 Å². The molecule has 0 aromatic heterocycles. The van der Waals surface area contributed by atoms with Crippen LogP contribution in [0.5, 0.6) is 0 Å². The number of piperidine rings is 1. The van der Waals surface area contributed by atoms with E-state index in [-0.39, 0.29) is 25.9 Å². The lowest BCUT2D eigenvalue weighted by Gasteiger charge is -2.30. The Bertz CT molecular complexity index is 270. The van der Waals surface area contributed by atoms with Gasteiger partial charge in [0, 0.05) is 19.0 Å². The molecule has 1 aliphatic rings. The highest BCUT2D eigenvalue weighted by molar-refractivity contribution is 5.82. The van der Waals surface area contributed by atoms with Crippen LogP contribution < -0.4 is 5.73 Å². The van der Waals surface area contributed by atoms with E-state index in [1.165, 1.54) is 0 Å². The van der Waals surface area contributed by atoms with Crippen molar-refractivity contribution < 1.29 is 22.8 Å². The molecule has 1 saturated heterocycles. The molecule has 0 unspecified atom stereocenters. The Morgan fingerprint density at radius 3 is 2.00 bits per heavy atom. The first-order chi connectivity index (χ1) is 6.82. The minimum absolute atomic E-state index is 0.0635. The summed E-state index contributed by atoms with van der Waals surface area (Å²) in [5.74, 6) is -2.78. The number of carbonyl (C=O) groups excluding carboxylic acids is 2. The van der Waals surface area contributed by atoms with Crippen molar-refractivity contribution in [3.63, 3.8) is 0 Å². The van der Waals surface area contributed by atoms with Gasteiger partial charge in [-0.25, -0.2) is 0 Å². The molecule has 0 spiro atoms. The van der Waals surface area contributed by atoms with Crippen molar-refractivity contribution in [2.75, 3.05) is 13.1 Å². The van der Waals surface area contributed by atoms with Crippen LogP contribution in [0.4, 0.5) is 13.2 Å². The van der Waals surface area contributed by atoms with Gasteiger partial charge < -0.3 is 10.6 Å². The predicted octanol–water partition coefficient (Wildman–Crippen LogP) is 0.273. The Hall–Kier alpha value is -1.27. The van der Waals surface area contributed by atoms with Crippen molar-refractivity contribution in [1.29, 1.82) is 0 Å². The summed E-state index contributed by atoms with van der Waals surface area (Å²) < 4.78 is 36.0. The molecule has 0 aliphatic carbocycles. The zero-order valence-electron chi connectivity index (χ0n) is 7.88. The number of carbonyl (C=O) groups is 2. The molecule has 0 aromatic carbocycles. The van der Waals surface area contributed by atoms with Gasteiger partial charge in [-0.1, -0.05) is 0 Å². The molecule has 0 bridgehead atoms. The van der Waals surface area contributed by atoms with Gasteiger partial charge in [0.1, 0.15) is 0 Å². The quantitative estimate of drug-likeness (QED) is 0.695. The van der Waals surface area contributed by atoms with E-state index in [0.717, 1.165) is 0 Å². The number of likely N-dealkylation sites (tertiary alicyclic amines) is 1. The van der Waals surface area contributed by atoms with Crippen molar-refractivity contribution in [3.05, 3.63) is 0 Å². The van der Waals surface area contributed by atoms with E-state index in [4.69, 9.17) is 5.73 Å². The van der Waals surface area contributed by atoms with E-state index < -0.39 is 23.9 Å². The molecule has 4 nitrogen and oxygen atoms in total. The van der Waals surface area contributed by atoms with Crippen LogP contribution in [0.15, 0.2) is 0 Å². The molecular formula is C8H11F3N2O2. The van der Waals surface area contributed by atoms with Gasteiger partial charge in [-0.2, -0.15) is 13.2 Å². The van der Waals surface area contributed by atoms with E-state index in [0.29, 0.717) is 4.90 Å². The monoisotopic (exact) mass is 224 g/mol. The molecule has 2 amide bonds. The average Bonchev–Trinajstić information content (AvgIpc) is 2.15. The zero-order valence-corrected chi connectivity index (χ0v) is 7.88. The minimum atomic E-state index is -4.83. The predicted molar refractivity (Wildman–Crippen MR) is 44.6 cm³/mol. The second-order valence-corrected chi connectivity index (χ2v) is 3.47. The average molecular weight is 224 g/mol. The van der Waals surface area contributed by atoms with Crippen molar-refractivity contribution in [1.82, 2.24) is 4.90 Å². The fraction of sp³-hybridized carbons (Fsp3) is 0.750. The molecule has 2 N–H and O–H groups in total. The summed E-state index contributed by atoms with van der Waals surface area (Å²) in [6, 6.07) is 0. The number of amides is 2. The lowest BCUT2D eigenvalue weighted by atomic mass is 9.96. The number of hydrogen-bond acceptors (Lipinski definition) is 2. The summed E-state index contributed by atoms with van der Waals surface area (Å²) >= 11 is 0. The minimum Gasteiger partial charge on any atom is -0.369 e. The van der Waals surface area contributed by atoms with Crippen LogP contribution in [0, 0.1) is 5.92 Å². The van der Waals surface area contributed by atoms with Gasteiger partial charge in [0.2, 0.25) is 5.91 Å². The van der Waals surface area contributed by atoms with Crippen LogP contribution >= 0.6 is 0 Å². The highest BCUT2D eigenvalue weighted by Crippen LogP contribution is 2.23. The Morgan fingerprint density at radius 1 is 1.20 bits per heavy atom. The van der Waals surface area contributed by atoms with Gasteiger partial charge in [0.15, 0.2) is 0 Å². The van der Waals surface area contributed by atoms with E-state index in [1.807, 2.05) is 0 Å². The maximum atomic E-state index is 12.0. The molecule has 15 heavy (non-hydrogen) atoms. The van der Waals surface area contributed by atoms with Crippen molar-refractivity contribution in [2.24, 2.45) is 11.7 Å². The number of halogens is 3. The largest absolute Gasteiger partial charge is 0.471 e. The van der Waals surface area contributed by atoms with Crippen LogP contribution in [-0.2, 0) is 9.59 Å². The van der Waals surface area contributed by atoms with Gasteiger partial charge in [-0.3, -0.25) is 9.59 Å². The third-order valence-corrected chi connectivity index (χ3v) is 2.43.